The third kappa shape index (κ3) is 1.67. The number of fused-ring (bicyclic) bond motifs is 1. The van der Waals surface area contributed by atoms with Crippen LogP contribution in [0.3, 0.4) is 0 Å². The maximum Gasteiger partial charge on any atom is 0.251 e. The summed E-state index contributed by atoms with van der Waals surface area (Å²) < 4.78 is 1.80. The van der Waals surface area contributed by atoms with Crippen molar-refractivity contribution in [3.63, 3.8) is 0 Å². The summed E-state index contributed by atoms with van der Waals surface area (Å²) in [5.41, 5.74) is 2.42. The van der Waals surface area contributed by atoms with Crippen molar-refractivity contribution < 1.29 is 0 Å². The van der Waals surface area contributed by atoms with Gasteiger partial charge in [0.1, 0.15) is 5.65 Å². The number of hydrogen-bond donors (Lipinski definition) is 1. The Labute approximate surface area is 87.9 Å². The van der Waals surface area contributed by atoms with E-state index in [0.29, 0.717) is 0 Å². The highest BCUT2D eigenvalue weighted by Gasteiger charge is 2.19. The van der Waals surface area contributed by atoms with E-state index in [9.17, 15) is 4.79 Å². The van der Waals surface area contributed by atoms with Crippen LogP contribution < -0.4 is 5.56 Å². The topological polar surface area (TPSA) is 50.2 Å². The zero-order chi connectivity index (χ0) is 11.2. The molecule has 4 nitrogen and oxygen atoms in total. The number of nitrogens with one attached hydrogen (secondary N) is 1. The monoisotopic (exact) mass is 205 g/mol. The molecule has 2 aromatic heterocycles. The largest absolute Gasteiger partial charge is 0.307 e. The second kappa shape index (κ2) is 2.95. The number of aromatic nitrogens is 3. The van der Waals surface area contributed by atoms with Gasteiger partial charge in [-0.1, -0.05) is 20.8 Å². The van der Waals surface area contributed by atoms with E-state index >= 15 is 0 Å². The molecule has 0 saturated carbocycles. The summed E-state index contributed by atoms with van der Waals surface area (Å²) in [6, 6.07) is 3.48. The fourth-order valence-corrected chi connectivity index (χ4v) is 1.65. The van der Waals surface area contributed by atoms with Gasteiger partial charge >= 0.3 is 0 Å². The summed E-state index contributed by atoms with van der Waals surface area (Å²) in [5, 5.41) is 4.37. The number of H-pyrrole nitrogens is 1. The molecule has 0 aliphatic carbocycles. The average Bonchev–Trinajstić information content (AvgIpc) is 2.41. The number of hydrogen-bond acceptors (Lipinski definition) is 2. The molecule has 4 heteroatoms. The van der Waals surface area contributed by atoms with Gasteiger partial charge in [-0.25, -0.2) is 4.52 Å². The van der Waals surface area contributed by atoms with Gasteiger partial charge < -0.3 is 4.98 Å². The average molecular weight is 205 g/mol. The quantitative estimate of drug-likeness (QED) is 0.710. The van der Waals surface area contributed by atoms with E-state index in [2.05, 4.69) is 30.9 Å². The van der Waals surface area contributed by atoms with E-state index in [1.807, 2.05) is 13.0 Å². The Morgan fingerprint density at radius 3 is 2.60 bits per heavy atom. The van der Waals surface area contributed by atoms with Gasteiger partial charge in [-0.15, -0.1) is 0 Å². The first-order valence-corrected chi connectivity index (χ1v) is 4.98. The predicted molar refractivity (Wildman–Crippen MR) is 59.2 cm³/mol. The minimum absolute atomic E-state index is 0.0766. The molecule has 0 fully saturated rings. The molecule has 2 heterocycles. The number of aryl methyl sites for hydroxylation is 1. The van der Waals surface area contributed by atoms with Gasteiger partial charge in [0.05, 0.1) is 11.4 Å². The van der Waals surface area contributed by atoms with Crippen LogP contribution in [0, 0.1) is 6.92 Å². The SMILES string of the molecule is Cc1cc2[nH]c(=O)cc(C(C)(C)C)n2n1. The van der Waals surface area contributed by atoms with Crippen molar-refractivity contribution in [1.29, 1.82) is 0 Å². The van der Waals surface area contributed by atoms with Crippen LogP contribution in [0.5, 0.6) is 0 Å². The van der Waals surface area contributed by atoms with Gasteiger partial charge in [0.15, 0.2) is 0 Å². The lowest BCUT2D eigenvalue weighted by Gasteiger charge is -2.19. The first-order valence-electron chi connectivity index (χ1n) is 4.98. The molecule has 1 N–H and O–H groups in total. The first kappa shape index (κ1) is 9.96. The van der Waals surface area contributed by atoms with Crippen LogP contribution in [-0.2, 0) is 5.41 Å². The van der Waals surface area contributed by atoms with Crippen LogP contribution in [0.15, 0.2) is 16.9 Å². The molecular formula is C11H15N3O. The lowest BCUT2D eigenvalue weighted by molar-refractivity contribution is 0.544. The Balaban J connectivity index is 2.88. The van der Waals surface area contributed by atoms with Crippen molar-refractivity contribution in [2.75, 3.05) is 0 Å². The normalized spacial score (nSPS) is 12.3. The highest BCUT2D eigenvalue weighted by molar-refractivity contribution is 5.40. The van der Waals surface area contributed by atoms with Gasteiger partial charge in [0.25, 0.3) is 5.56 Å². The highest BCUT2D eigenvalue weighted by Crippen LogP contribution is 2.20. The highest BCUT2D eigenvalue weighted by atomic mass is 16.1. The lowest BCUT2D eigenvalue weighted by atomic mass is 9.92. The van der Waals surface area contributed by atoms with Crippen LogP contribution in [0.1, 0.15) is 32.2 Å². The molecule has 0 saturated heterocycles. The molecule has 0 aromatic carbocycles. The Kier molecular flexibility index (Phi) is 1.96. The van der Waals surface area contributed by atoms with Gasteiger partial charge in [-0.05, 0) is 6.92 Å². The Morgan fingerprint density at radius 1 is 1.33 bits per heavy atom. The van der Waals surface area contributed by atoms with Crippen molar-refractivity contribution >= 4 is 5.65 Å². The lowest BCUT2D eigenvalue weighted by Crippen LogP contribution is -2.22. The van der Waals surface area contributed by atoms with E-state index in [1.54, 1.807) is 10.6 Å². The van der Waals surface area contributed by atoms with Crippen LogP contribution in [0.2, 0.25) is 0 Å². The maximum absolute atomic E-state index is 11.5. The van der Waals surface area contributed by atoms with Crippen molar-refractivity contribution in [3.05, 3.63) is 33.9 Å². The Hall–Kier alpha value is -1.58. The molecule has 2 rings (SSSR count). The maximum atomic E-state index is 11.5. The third-order valence-corrected chi connectivity index (χ3v) is 2.35. The van der Waals surface area contributed by atoms with Crippen molar-refractivity contribution in [1.82, 2.24) is 14.6 Å². The van der Waals surface area contributed by atoms with Crippen molar-refractivity contribution in [2.24, 2.45) is 0 Å². The summed E-state index contributed by atoms with van der Waals surface area (Å²) >= 11 is 0. The molecule has 0 radical (unpaired) electrons. The summed E-state index contributed by atoms with van der Waals surface area (Å²) in [4.78, 5) is 14.2. The summed E-state index contributed by atoms with van der Waals surface area (Å²) in [5.74, 6) is 0. The van der Waals surface area contributed by atoms with Crippen LogP contribution in [-0.4, -0.2) is 14.6 Å². The standard InChI is InChI=1S/C11H15N3O/c1-7-5-9-12-10(15)6-8(11(2,3)4)14(9)13-7/h5-6H,1-4H3,(H,12,15). The Bertz CT molecular complexity index is 557. The smallest absolute Gasteiger partial charge is 0.251 e. The summed E-state index contributed by atoms with van der Waals surface area (Å²) in [6.45, 7) is 8.12. The number of aromatic amines is 1. The zero-order valence-electron chi connectivity index (χ0n) is 9.46. The number of rotatable bonds is 0. The minimum Gasteiger partial charge on any atom is -0.307 e. The second-order valence-corrected chi connectivity index (χ2v) is 4.85. The molecule has 0 unspecified atom stereocenters. The Morgan fingerprint density at radius 2 is 2.00 bits per heavy atom. The van der Waals surface area contributed by atoms with Crippen LogP contribution in [0.4, 0.5) is 0 Å². The predicted octanol–water partition coefficient (Wildman–Crippen LogP) is 1.63. The third-order valence-electron chi connectivity index (χ3n) is 2.35. The summed E-state index contributed by atoms with van der Waals surface area (Å²) in [7, 11) is 0. The molecule has 80 valence electrons. The van der Waals surface area contributed by atoms with Crippen LogP contribution >= 0.6 is 0 Å². The van der Waals surface area contributed by atoms with Crippen LogP contribution in [0.25, 0.3) is 5.65 Å². The minimum atomic E-state index is -0.0923. The van der Waals surface area contributed by atoms with Gasteiger partial charge in [-0.2, -0.15) is 5.10 Å². The summed E-state index contributed by atoms with van der Waals surface area (Å²) in [6.07, 6.45) is 0. The molecule has 0 amide bonds. The van der Waals surface area contributed by atoms with Gasteiger partial charge in [0.2, 0.25) is 0 Å². The molecular weight excluding hydrogens is 190 g/mol. The van der Waals surface area contributed by atoms with Gasteiger partial charge in [-0.3, -0.25) is 4.79 Å². The van der Waals surface area contributed by atoms with Crippen molar-refractivity contribution in [3.8, 4) is 0 Å². The molecule has 15 heavy (non-hydrogen) atoms. The molecule has 0 atom stereocenters. The van der Waals surface area contributed by atoms with E-state index < -0.39 is 0 Å². The second-order valence-electron chi connectivity index (χ2n) is 4.85. The van der Waals surface area contributed by atoms with Gasteiger partial charge in [0, 0.05) is 17.5 Å². The molecule has 2 aromatic rings. The fraction of sp³-hybridized carbons (Fsp3) is 0.455. The zero-order valence-corrected chi connectivity index (χ0v) is 9.46. The first-order chi connectivity index (χ1) is 6.88. The van der Waals surface area contributed by atoms with E-state index in [-0.39, 0.29) is 11.0 Å². The molecule has 0 aliphatic rings. The van der Waals surface area contributed by atoms with E-state index in [0.717, 1.165) is 17.0 Å². The van der Waals surface area contributed by atoms with Crippen molar-refractivity contribution in [2.45, 2.75) is 33.1 Å². The molecule has 0 bridgehead atoms. The van der Waals surface area contributed by atoms with E-state index in [1.165, 1.54) is 0 Å². The molecule has 0 spiro atoms. The fourth-order valence-electron chi connectivity index (χ4n) is 1.65. The van der Waals surface area contributed by atoms with E-state index in [4.69, 9.17) is 0 Å². The molecule has 0 aliphatic heterocycles. The number of nitrogens with zero attached hydrogens (tertiary/aromatic N) is 2.